The van der Waals surface area contributed by atoms with Crippen molar-refractivity contribution in [2.24, 2.45) is 0 Å². The maximum absolute atomic E-state index is 9.92. The van der Waals surface area contributed by atoms with E-state index in [-0.39, 0.29) is 0 Å². The Morgan fingerprint density at radius 2 is 1.09 bits per heavy atom. The molecule has 0 saturated carbocycles. The molecule has 0 saturated heterocycles. The van der Waals surface area contributed by atoms with Crippen LogP contribution in [0, 0.1) is 11.3 Å². The van der Waals surface area contributed by atoms with Gasteiger partial charge in [0.05, 0.1) is 44.8 Å². The molecule has 4 heteroatoms. The largest absolute Gasteiger partial charge is 0.456 e. The highest BCUT2D eigenvalue weighted by Gasteiger charge is 2.20. The molecular formula is C43H25N3O. The zero-order valence-electron chi connectivity index (χ0n) is 25.2. The molecule has 0 atom stereocenters. The lowest BCUT2D eigenvalue weighted by molar-refractivity contribution is 0.669. The van der Waals surface area contributed by atoms with Crippen LogP contribution >= 0.6 is 0 Å². The molecule has 7 aromatic carbocycles. The molecule has 218 valence electrons. The Kier molecular flexibility index (Phi) is 5.32. The molecule has 0 N–H and O–H groups in total. The zero-order chi connectivity index (χ0) is 31.1. The third kappa shape index (κ3) is 3.63. The van der Waals surface area contributed by atoms with Crippen LogP contribution in [0.4, 0.5) is 0 Å². The van der Waals surface area contributed by atoms with Crippen LogP contribution in [-0.4, -0.2) is 9.13 Å². The average molecular weight is 600 g/mol. The number of hydrogen-bond acceptors (Lipinski definition) is 2. The van der Waals surface area contributed by atoms with Gasteiger partial charge in [-0.25, -0.2) is 0 Å². The molecule has 3 heterocycles. The second-order valence-corrected chi connectivity index (χ2v) is 12.0. The number of nitriles is 1. The summed E-state index contributed by atoms with van der Waals surface area (Å²) in [6.07, 6.45) is 0. The fraction of sp³-hybridized carbons (Fsp3) is 0. The SMILES string of the molecule is N#Cc1ccc(-n2c3ccccc3c3ccccc32)c(-c2ccc(-n3c4ccccc4c4ccc5oc6ccccc6c5c43)cc2)c1. The Labute approximate surface area is 269 Å². The molecule has 0 radical (unpaired) electrons. The van der Waals surface area contributed by atoms with Gasteiger partial charge in [-0.05, 0) is 72.3 Å². The monoisotopic (exact) mass is 599 g/mol. The molecule has 47 heavy (non-hydrogen) atoms. The lowest BCUT2D eigenvalue weighted by Gasteiger charge is -2.15. The molecule has 0 fully saturated rings. The molecule has 0 amide bonds. The van der Waals surface area contributed by atoms with Gasteiger partial charge in [0, 0.05) is 38.2 Å². The van der Waals surface area contributed by atoms with E-state index in [1.165, 1.54) is 21.5 Å². The minimum atomic E-state index is 0.630. The number of nitrogens with zero attached hydrogens (tertiary/aromatic N) is 3. The molecular weight excluding hydrogens is 574 g/mol. The molecule has 10 rings (SSSR count). The predicted octanol–water partition coefficient (Wildman–Crippen LogP) is 11.3. The Morgan fingerprint density at radius 3 is 1.77 bits per heavy atom. The minimum absolute atomic E-state index is 0.630. The van der Waals surface area contributed by atoms with Gasteiger partial charge >= 0.3 is 0 Å². The summed E-state index contributed by atoms with van der Waals surface area (Å²) in [4.78, 5) is 0. The van der Waals surface area contributed by atoms with E-state index in [9.17, 15) is 5.26 Å². The van der Waals surface area contributed by atoms with Crippen molar-refractivity contribution in [3.63, 3.8) is 0 Å². The van der Waals surface area contributed by atoms with Gasteiger partial charge in [-0.1, -0.05) is 84.9 Å². The third-order valence-corrected chi connectivity index (χ3v) is 9.56. The summed E-state index contributed by atoms with van der Waals surface area (Å²) < 4.78 is 11.0. The van der Waals surface area contributed by atoms with E-state index < -0.39 is 0 Å². The standard InChI is InChI=1S/C43H25N3O/c44-26-27-17-23-39(46-37-14-6-1-9-30(37)31-10-2-7-15-38(31)46)35(25-27)28-18-20-29(21-19-28)45-36-13-5-3-11-32(36)33-22-24-41-42(43(33)45)34-12-4-8-16-40(34)47-41/h1-25H. The quantitative estimate of drug-likeness (QED) is 0.203. The summed E-state index contributed by atoms with van der Waals surface area (Å²) in [6.45, 7) is 0. The van der Waals surface area contributed by atoms with Gasteiger partial charge in [0.2, 0.25) is 0 Å². The van der Waals surface area contributed by atoms with E-state index in [2.05, 4.69) is 143 Å². The first-order chi connectivity index (χ1) is 23.3. The molecule has 0 bridgehead atoms. The highest BCUT2D eigenvalue weighted by atomic mass is 16.3. The number of furan rings is 1. The maximum atomic E-state index is 9.92. The zero-order valence-corrected chi connectivity index (χ0v) is 25.2. The maximum Gasteiger partial charge on any atom is 0.137 e. The van der Waals surface area contributed by atoms with Crippen molar-refractivity contribution in [1.82, 2.24) is 9.13 Å². The number of rotatable bonds is 3. The number of para-hydroxylation sites is 4. The van der Waals surface area contributed by atoms with Gasteiger partial charge in [-0.15, -0.1) is 0 Å². The van der Waals surface area contributed by atoms with Crippen molar-refractivity contribution in [2.75, 3.05) is 0 Å². The van der Waals surface area contributed by atoms with E-state index in [1.807, 2.05) is 24.3 Å². The van der Waals surface area contributed by atoms with Crippen molar-refractivity contribution >= 4 is 65.6 Å². The highest BCUT2D eigenvalue weighted by molar-refractivity contribution is 6.24. The first kappa shape index (κ1) is 25.7. The van der Waals surface area contributed by atoms with Crippen LogP contribution in [0.3, 0.4) is 0 Å². The summed E-state index contributed by atoms with van der Waals surface area (Å²) in [5, 5.41) is 17.0. The Balaban J connectivity index is 1.22. The van der Waals surface area contributed by atoms with Gasteiger partial charge < -0.3 is 13.6 Å². The second-order valence-electron chi connectivity index (χ2n) is 12.0. The summed E-state index contributed by atoms with van der Waals surface area (Å²) in [7, 11) is 0. The normalized spacial score (nSPS) is 11.8. The van der Waals surface area contributed by atoms with E-state index in [0.29, 0.717) is 5.56 Å². The lowest BCUT2D eigenvalue weighted by Crippen LogP contribution is -1.99. The number of fused-ring (bicyclic) bond motifs is 10. The van der Waals surface area contributed by atoms with Crippen LogP contribution in [0.25, 0.3) is 88.1 Å². The van der Waals surface area contributed by atoms with E-state index in [1.54, 1.807) is 0 Å². The van der Waals surface area contributed by atoms with Crippen LogP contribution < -0.4 is 0 Å². The summed E-state index contributed by atoms with van der Waals surface area (Å²) >= 11 is 0. The Morgan fingerprint density at radius 1 is 0.489 bits per heavy atom. The summed E-state index contributed by atoms with van der Waals surface area (Å²) in [5.74, 6) is 0. The first-order valence-electron chi connectivity index (χ1n) is 15.8. The van der Waals surface area contributed by atoms with Gasteiger partial charge in [0.25, 0.3) is 0 Å². The Hall–Kier alpha value is -6.57. The molecule has 3 aromatic heterocycles. The van der Waals surface area contributed by atoms with Gasteiger partial charge in [-0.3, -0.25) is 0 Å². The summed E-state index contributed by atoms with van der Waals surface area (Å²) in [6, 6.07) is 55.3. The van der Waals surface area contributed by atoms with Gasteiger partial charge in [0.1, 0.15) is 11.2 Å². The van der Waals surface area contributed by atoms with Gasteiger partial charge in [0.15, 0.2) is 0 Å². The third-order valence-electron chi connectivity index (χ3n) is 9.56. The van der Waals surface area contributed by atoms with Crippen molar-refractivity contribution in [2.45, 2.75) is 0 Å². The van der Waals surface area contributed by atoms with Crippen molar-refractivity contribution < 1.29 is 4.42 Å². The number of benzene rings is 7. The second kappa shape index (κ2) is 9.71. The predicted molar refractivity (Wildman–Crippen MR) is 193 cm³/mol. The smallest absolute Gasteiger partial charge is 0.137 e. The molecule has 0 aliphatic carbocycles. The van der Waals surface area contributed by atoms with Crippen LogP contribution in [0.2, 0.25) is 0 Å². The van der Waals surface area contributed by atoms with Crippen molar-refractivity contribution in [3.05, 3.63) is 157 Å². The number of hydrogen-bond donors (Lipinski definition) is 0. The lowest BCUT2D eigenvalue weighted by atomic mass is 10.00. The molecule has 0 unspecified atom stereocenters. The Bertz CT molecular complexity index is 2860. The van der Waals surface area contributed by atoms with E-state index >= 15 is 0 Å². The fourth-order valence-corrected chi connectivity index (χ4v) is 7.54. The summed E-state index contributed by atoms with van der Waals surface area (Å²) in [5.41, 5.74) is 11.1. The molecule has 10 aromatic rings. The minimum Gasteiger partial charge on any atom is -0.456 e. The van der Waals surface area contributed by atoms with E-state index in [4.69, 9.17) is 4.42 Å². The average Bonchev–Trinajstić information content (AvgIpc) is 3.79. The van der Waals surface area contributed by atoms with Crippen LogP contribution in [0.15, 0.2) is 156 Å². The van der Waals surface area contributed by atoms with Crippen LogP contribution in [-0.2, 0) is 0 Å². The van der Waals surface area contributed by atoms with Crippen LogP contribution in [0.1, 0.15) is 5.56 Å². The molecule has 4 nitrogen and oxygen atoms in total. The van der Waals surface area contributed by atoms with Crippen LogP contribution in [0.5, 0.6) is 0 Å². The van der Waals surface area contributed by atoms with E-state index in [0.717, 1.165) is 66.5 Å². The van der Waals surface area contributed by atoms with Crippen molar-refractivity contribution in [3.8, 4) is 28.6 Å². The highest BCUT2D eigenvalue weighted by Crippen LogP contribution is 2.42. The topological polar surface area (TPSA) is 46.8 Å². The van der Waals surface area contributed by atoms with Gasteiger partial charge in [-0.2, -0.15) is 5.26 Å². The fourth-order valence-electron chi connectivity index (χ4n) is 7.54. The van der Waals surface area contributed by atoms with Crippen molar-refractivity contribution in [1.29, 1.82) is 5.26 Å². The first-order valence-corrected chi connectivity index (χ1v) is 15.8. The number of aromatic nitrogens is 2. The molecule has 0 aliphatic rings. The molecule has 0 aliphatic heterocycles. The molecule has 0 spiro atoms.